The number of hydrogen-bond donors (Lipinski definition) is 2. The van der Waals surface area contributed by atoms with Crippen LogP contribution in [0.25, 0.3) is 0 Å². The normalized spacial score (nSPS) is 18.3. The molecule has 0 amide bonds. The zero-order valence-electron chi connectivity index (χ0n) is 11.3. The van der Waals surface area contributed by atoms with E-state index in [0.717, 1.165) is 18.4 Å². The number of piperidine rings is 1. The molecule has 0 aromatic heterocycles. The van der Waals surface area contributed by atoms with Crippen LogP contribution >= 0.6 is 15.9 Å². The maximum absolute atomic E-state index is 11.4. The third-order valence-electron chi connectivity index (χ3n) is 3.57. The average molecular weight is 363 g/mol. The molecule has 0 aliphatic carbocycles. The van der Waals surface area contributed by atoms with Gasteiger partial charge in [0.2, 0.25) is 10.0 Å². The minimum absolute atomic E-state index is 0.258. The van der Waals surface area contributed by atoms with Crippen molar-refractivity contribution in [2.75, 3.05) is 19.3 Å². The van der Waals surface area contributed by atoms with Gasteiger partial charge >= 0.3 is 0 Å². The highest BCUT2D eigenvalue weighted by Crippen LogP contribution is 2.27. The molecule has 7 heteroatoms. The Labute approximate surface area is 128 Å². The van der Waals surface area contributed by atoms with Gasteiger partial charge in [0.1, 0.15) is 5.75 Å². The number of phenols is 1. The summed E-state index contributed by atoms with van der Waals surface area (Å²) in [5.74, 6) is 0.258. The zero-order valence-corrected chi connectivity index (χ0v) is 13.7. The van der Waals surface area contributed by atoms with E-state index in [1.54, 1.807) is 6.07 Å². The second-order valence-electron chi connectivity index (χ2n) is 5.06. The van der Waals surface area contributed by atoms with Crippen LogP contribution in [0.2, 0.25) is 0 Å². The Balaban J connectivity index is 1.86. The number of rotatable bonds is 4. The summed E-state index contributed by atoms with van der Waals surface area (Å²) in [5, 5.41) is 13.3. The van der Waals surface area contributed by atoms with Crippen LogP contribution in [0.15, 0.2) is 22.7 Å². The fourth-order valence-corrected chi connectivity index (χ4v) is 3.63. The van der Waals surface area contributed by atoms with Crippen molar-refractivity contribution in [3.8, 4) is 5.75 Å². The molecule has 2 N–H and O–H groups in total. The number of para-hydroxylation sites is 1. The second-order valence-corrected chi connectivity index (χ2v) is 7.90. The van der Waals surface area contributed by atoms with Crippen LogP contribution in [-0.2, 0) is 16.6 Å². The first-order chi connectivity index (χ1) is 9.38. The first-order valence-electron chi connectivity index (χ1n) is 6.53. The summed E-state index contributed by atoms with van der Waals surface area (Å²) in [4.78, 5) is 0. The molecule has 1 fully saturated rings. The molecule has 20 heavy (non-hydrogen) atoms. The van der Waals surface area contributed by atoms with Gasteiger partial charge in [-0.25, -0.2) is 12.7 Å². The predicted molar refractivity (Wildman–Crippen MR) is 82.1 cm³/mol. The van der Waals surface area contributed by atoms with Crippen LogP contribution in [0.5, 0.6) is 5.75 Å². The van der Waals surface area contributed by atoms with Gasteiger partial charge < -0.3 is 10.4 Å². The molecular formula is C13H19BrN2O3S. The molecule has 0 saturated carbocycles. The number of halogens is 1. The highest BCUT2D eigenvalue weighted by molar-refractivity contribution is 9.10. The molecule has 0 spiro atoms. The topological polar surface area (TPSA) is 69.6 Å². The van der Waals surface area contributed by atoms with Crippen molar-refractivity contribution >= 4 is 26.0 Å². The predicted octanol–water partition coefficient (Wildman–Crippen LogP) is 1.67. The average Bonchev–Trinajstić information content (AvgIpc) is 2.40. The molecule has 0 bridgehead atoms. The van der Waals surface area contributed by atoms with Gasteiger partial charge in [-0.05, 0) is 34.8 Å². The smallest absolute Gasteiger partial charge is 0.211 e. The number of hydrogen-bond acceptors (Lipinski definition) is 4. The molecule has 1 aliphatic rings. The fourth-order valence-electron chi connectivity index (χ4n) is 2.35. The van der Waals surface area contributed by atoms with Crippen LogP contribution in [0, 0.1) is 0 Å². The molecule has 1 aromatic rings. The van der Waals surface area contributed by atoms with Crippen molar-refractivity contribution in [1.82, 2.24) is 9.62 Å². The lowest BCUT2D eigenvalue weighted by Crippen LogP contribution is -2.44. The van der Waals surface area contributed by atoms with E-state index < -0.39 is 10.0 Å². The van der Waals surface area contributed by atoms with E-state index >= 15 is 0 Å². The molecule has 112 valence electrons. The third-order valence-corrected chi connectivity index (χ3v) is 5.52. The fraction of sp³-hybridized carbons (Fsp3) is 0.538. The van der Waals surface area contributed by atoms with E-state index in [9.17, 15) is 13.5 Å². The quantitative estimate of drug-likeness (QED) is 0.854. The Kier molecular flexibility index (Phi) is 5.06. The van der Waals surface area contributed by atoms with E-state index in [1.165, 1.54) is 10.6 Å². The van der Waals surface area contributed by atoms with Crippen molar-refractivity contribution in [2.24, 2.45) is 0 Å². The van der Waals surface area contributed by atoms with Gasteiger partial charge in [-0.15, -0.1) is 0 Å². The molecule has 2 rings (SSSR count). The van der Waals surface area contributed by atoms with Gasteiger partial charge in [0.15, 0.2) is 0 Å². The Morgan fingerprint density at radius 3 is 2.65 bits per heavy atom. The largest absolute Gasteiger partial charge is 0.506 e. The summed E-state index contributed by atoms with van der Waals surface area (Å²) in [7, 11) is -3.07. The Bertz CT molecular complexity index is 569. The lowest BCUT2D eigenvalue weighted by molar-refractivity contribution is 0.289. The number of nitrogens with one attached hydrogen (secondary N) is 1. The van der Waals surface area contributed by atoms with Crippen LogP contribution in [0.3, 0.4) is 0 Å². The van der Waals surface area contributed by atoms with Crippen molar-refractivity contribution in [1.29, 1.82) is 0 Å². The second kappa shape index (κ2) is 6.43. The lowest BCUT2D eigenvalue weighted by Gasteiger charge is -2.30. The molecule has 1 heterocycles. The van der Waals surface area contributed by atoms with E-state index in [1.807, 2.05) is 12.1 Å². The molecule has 1 aromatic carbocycles. The van der Waals surface area contributed by atoms with Gasteiger partial charge in [0.25, 0.3) is 0 Å². The summed E-state index contributed by atoms with van der Waals surface area (Å²) < 4.78 is 25.0. The number of benzene rings is 1. The van der Waals surface area contributed by atoms with Gasteiger partial charge in [-0.2, -0.15) is 0 Å². The zero-order chi connectivity index (χ0) is 14.8. The number of sulfonamides is 1. The van der Waals surface area contributed by atoms with Gasteiger partial charge in [-0.3, -0.25) is 0 Å². The summed E-state index contributed by atoms with van der Waals surface area (Å²) in [6.07, 6.45) is 2.84. The number of nitrogens with zero attached hydrogens (tertiary/aromatic N) is 1. The SMILES string of the molecule is CS(=O)(=O)N1CCC(NCc2cccc(Br)c2O)CC1. The Hall–Kier alpha value is -0.630. The van der Waals surface area contributed by atoms with Crippen LogP contribution < -0.4 is 5.32 Å². The minimum Gasteiger partial charge on any atom is -0.506 e. The summed E-state index contributed by atoms with van der Waals surface area (Å²) >= 11 is 3.29. The maximum atomic E-state index is 11.4. The summed E-state index contributed by atoms with van der Waals surface area (Å²) in [5.41, 5.74) is 0.838. The first-order valence-corrected chi connectivity index (χ1v) is 9.17. The van der Waals surface area contributed by atoms with Crippen LogP contribution in [0.1, 0.15) is 18.4 Å². The van der Waals surface area contributed by atoms with E-state index in [4.69, 9.17) is 0 Å². The van der Waals surface area contributed by atoms with Crippen molar-refractivity contribution in [3.63, 3.8) is 0 Å². The molecule has 0 unspecified atom stereocenters. The van der Waals surface area contributed by atoms with Crippen molar-refractivity contribution in [3.05, 3.63) is 28.2 Å². The van der Waals surface area contributed by atoms with E-state index in [-0.39, 0.29) is 11.8 Å². The van der Waals surface area contributed by atoms with Crippen LogP contribution in [0.4, 0.5) is 0 Å². The maximum Gasteiger partial charge on any atom is 0.211 e. The van der Waals surface area contributed by atoms with Crippen molar-refractivity contribution in [2.45, 2.75) is 25.4 Å². The van der Waals surface area contributed by atoms with E-state index in [2.05, 4.69) is 21.2 Å². The monoisotopic (exact) mass is 362 g/mol. The molecule has 1 saturated heterocycles. The van der Waals surface area contributed by atoms with Gasteiger partial charge in [-0.1, -0.05) is 12.1 Å². The molecule has 1 aliphatic heterocycles. The first kappa shape index (κ1) is 15.8. The lowest BCUT2D eigenvalue weighted by atomic mass is 10.1. The number of phenolic OH excluding ortho intramolecular Hbond substituents is 1. The highest BCUT2D eigenvalue weighted by Gasteiger charge is 2.24. The summed E-state index contributed by atoms with van der Waals surface area (Å²) in [6, 6.07) is 5.83. The van der Waals surface area contributed by atoms with E-state index in [0.29, 0.717) is 24.1 Å². The van der Waals surface area contributed by atoms with Gasteiger partial charge in [0, 0.05) is 31.2 Å². The molecule has 0 radical (unpaired) electrons. The summed E-state index contributed by atoms with van der Waals surface area (Å²) in [6.45, 7) is 1.69. The minimum atomic E-state index is -3.07. The Morgan fingerprint density at radius 2 is 2.05 bits per heavy atom. The van der Waals surface area contributed by atoms with Gasteiger partial charge in [0.05, 0.1) is 10.7 Å². The van der Waals surface area contributed by atoms with Crippen LogP contribution in [-0.4, -0.2) is 43.2 Å². The number of aromatic hydroxyl groups is 1. The molecule has 0 atom stereocenters. The Morgan fingerprint density at radius 1 is 1.40 bits per heavy atom. The van der Waals surface area contributed by atoms with Crippen molar-refractivity contribution < 1.29 is 13.5 Å². The molecule has 5 nitrogen and oxygen atoms in total. The third kappa shape index (κ3) is 3.94. The molecular weight excluding hydrogens is 344 g/mol. The standard InChI is InChI=1S/C13H19BrN2O3S/c1-20(18,19)16-7-5-11(6-8-16)15-9-10-3-2-4-12(14)13(10)17/h2-4,11,15,17H,5-9H2,1H3. The highest BCUT2D eigenvalue weighted by atomic mass is 79.9.